The van der Waals surface area contributed by atoms with Gasteiger partial charge in [-0.15, -0.1) is 0 Å². The Bertz CT molecular complexity index is 372. The van der Waals surface area contributed by atoms with Crippen molar-refractivity contribution in [3.05, 3.63) is 16.4 Å². The third-order valence-corrected chi connectivity index (χ3v) is 4.92. The van der Waals surface area contributed by atoms with Crippen LogP contribution in [0.2, 0.25) is 0 Å². The predicted octanol–water partition coefficient (Wildman–Crippen LogP) is 2.65. The number of aliphatic hydroxyl groups is 1. The first-order chi connectivity index (χ1) is 7.70. The van der Waals surface area contributed by atoms with E-state index in [0.717, 1.165) is 22.0 Å². The van der Waals surface area contributed by atoms with Crippen molar-refractivity contribution in [2.24, 2.45) is 24.8 Å². The Hall–Kier alpha value is -0.350. The fourth-order valence-corrected chi connectivity index (χ4v) is 4.03. The topological polar surface area (TPSA) is 38.0 Å². The minimum Gasteiger partial charge on any atom is -0.386 e. The number of hydrogen-bond donors (Lipinski definition) is 1. The van der Waals surface area contributed by atoms with Gasteiger partial charge in [-0.25, -0.2) is 0 Å². The summed E-state index contributed by atoms with van der Waals surface area (Å²) in [5, 5.41) is 14.6. The lowest BCUT2D eigenvalue weighted by atomic mass is 10.0. The van der Waals surface area contributed by atoms with Crippen molar-refractivity contribution in [3.8, 4) is 0 Å². The maximum atomic E-state index is 10.5. The molecule has 2 fully saturated rings. The molecule has 1 aromatic heterocycles. The number of nitrogens with zero attached hydrogens (tertiary/aromatic N) is 2. The maximum Gasteiger partial charge on any atom is 0.100 e. The van der Waals surface area contributed by atoms with Crippen LogP contribution in [-0.4, -0.2) is 14.9 Å². The monoisotopic (exact) mass is 284 g/mol. The summed E-state index contributed by atoms with van der Waals surface area (Å²) in [4.78, 5) is 0. The lowest BCUT2D eigenvalue weighted by molar-refractivity contribution is 0.132. The van der Waals surface area contributed by atoms with E-state index in [9.17, 15) is 5.11 Å². The highest BCUT2D eigenvalue weighted by molar-refractivity contribution is 9.10. The number of halogens is 1. The summed E-state index contributed by atoms with van der Waals surface area (Å²) in [6.45, 7) is 0. The molecule has 0 aromatic carbocycles. The first-order valence-corrected chi connectivity index (χ1v) is 6.85. The van der Waals surface area contributed by atoms with Crippen molar-refractivity contribution in [3.63, 3.8) is 0 Å². The molecule has 3 rings (SSSR count). The molecule has 2 aliphatic rings. The van der Waals surface area contributed by atoms with Crippen molar-refractivity contribution in [2.75, 3.05) is 0 Å². The van der Waals surface area contributed by atoms with Crippen LogP contribution in [-0.2, 0) is 7.05 Å². The largest absolute Gasteiger partial charge is 0.386 e. The quantitative estimate of drug-likeness (QED) is 0.907. The van der Waals surface area contributed by atoms with Gasteiger partial charge in [0.25, 0.3) is 0 Å². The second-order valence-corrected chi connectivity index (χ2v) is 5.99. The van der Waals surface area contributed by atoms with E-state index in [1.54, 1.807) is 10.9 Å². The first-order valence-electron chi connectivity index (χ1n) is 6.05. The number of aromatic nitrogens is 2. The summed E-state index contributed by atoms with van der Waals surface area (Å²) in [7, 11) is 1.90. The van der Waals surface area contributed by atoms with E-state index in [2.05, 4.69) is 21.0 Å². The van der Waals surface area contributed by atoms with Crippen LogP contribution in [0.25, 0.3) is 0 Å². The molecule has 3 nitrogen and oxygen atoms in total. The summed E-state index contributed by atoms with van der Waals surface area (Å²) in [5.41, 5.74) is 0.944. The first kappa shape index (κ1) is 10.8. The van der Waals surface area contributed by atoms with E-state index >= 15 is 0 Å². The highest BCUT2D eigenvalue weighted by Gasteiger charge is 2.54. The molecule has 1 heterocycles. The molecule has 0 bridgehead atoms. The number of fused-ring (bicyclic) bond motifs is 1. The Kier molecular flexibility index (Phi) is 2.59. The zero-order valence-electron chi connectivity index (χ0n) is 9.43. The van der Waals surface area contributed by atoms with Gasteiger partial charge in [0.15, 0.2) is 0 Å². The molecule has 16 heavy (non-hydrogen) atoms. The van der Waals surface area contributed by atoms with Gasteiger partial charge >= 0.3 is 0 Å². The standard InChI is InChI=1S/C12H17BrN2O/c1-15-11(9(13)6-14-15)12(16)10-7-4-2-3-5-8(7)10/h6-8,10,12,16H,2-5H2,1H3. The molecule has 0 spiro atoms. The average Bonchev–Trinajstić information content (AvgIpc) is 2.91. The molecule has 1 aromatic rings. The van der Waals surface area contributed by atoms with Crippen LogP contribution in [0.1, 0.15) is 37.5 Å². The molecule has 0 amide bonds. The Labute approximate surface area is 104 Å². The molecule has 0 saturated heterocycles. The van der Waals surface area contributed by atoms with Crippen LogP contribution in [0.4, 0.5) is 0 Å². The van der Waals surface area contributed by atoms with Crippen molar-refractivity contribution < 1.29 is 5.11 Å². The second kappa shape index (κ2) is 3.84. The van der Waals surface area contributed by atoms with E-state index in [4.69, 9.17) is 0 Å². The van der Waals surface area contributed by atoms with Gasteiger partial charge in [0, 0.05) is 7.05 Å². The third-order valence-electron chi connectivity index (χ3n) is 4.31. The Morgan fingerprint density at radius 3 is 2.56 bits per heavy atom. The normalized spacial score (nSPS) is 34.6. The van der Waals surface area contributed by atoms with Crippen LogP contribution in [0, 0.1) is 17.8 Å². The number of rotatable bonds is 2. The zero-order valence-corrected chi connectivity index (χ0v) is 11.0. The van der Waals surface area contributed by atoms with E-state index in [0.29, 0.717) is 5.92 Å². The van der Waals surface area contributed by atoms with Crippen LogP contribution < -0.4 is 0 Å². The van der Waals surface area contributed by atoms with Gasteiger partial charge in [-0.1, -0.05) is 12.8 Å². The Balaban J connectivity index is 1.81. The molecule has 3 unspecified atom stereocenters. The summed E-state index contributed by atoms with van der Waals surface area (Å²) in [5.74, 6) is 2.02. The molecule has 0 radical (unpaired) electrons. The minimum atomic E-state index is -0.338. The molecule has 2 saturated carbocycles. The fourth-order valence-electron chi connectivity index (χ4n) is 3.45. The molecule has 4 heteroatoms. The lowest BCUT2D eigenvalue weighted by Gasteiger charge is -2.11. The number of aliphatic hydroxyl groups excluding tert-OH is 1. The minimum absolute atomic E-state index is 0.338. The Morgan fingerprint density at radius 1 is 1.44 bits per heavy atom. The molecule has 88 valence electrons. The Morgan fingerprint density at radius 2 is 2.06 bits per heavy atom. The SMILES string of the molecule is Cn1ncc(Br)c1C(O)C1C2CCCCC21. The van der Waals surface area contributed by atoms with Crippen LogP contribution in [0.3, 0.4) is 0 Å². The molecule has 1 N–H and O–H groups in total. The predicted molar refractivity (Wildman–Crippen MR) is 64.8 cm³/mol. The molecule has 3 atom stereocenters. The van der Waals surface area contributed by atoms with E-state index < -0.39 is 0 Å². The van der Waals surface area contributed by atoms with Gasteiger partial charge < -0.3 is 5.11 Å². The van der Waals surface area contributed by atoms with Crippen molar-refractivity contribution in [1.82, 2.24) is 9.78 Å². The second-order valence-electron chi connectivity index (χ2n) is 5.14. The van der Waals surface area contributed by atoms with Crippen LogP contribution in [0.5, 0.6) is 0 Å². The molecule has 2 aliphatic carbocycles. The van der Waals surface area contributed by atoms with Crippen molar-refractivity contribution >= 4 is 15.9 Å². The maximum absolute atomic E-state index is 10.5. The van der Waals surface area contributed by atoms with Gasteiger partial charge in [-0.05, 0) is 46.5 Å². The highest BCUT2D eigenvalue weighted by Crippen LogP contribution is 2.60. The third kappa shape index (κ3) is 1.54. The number of hydrogen-bond acceptors (Lipinski definition) is 2. The van der Waals surface area contributed by atoms with Crippen molar-refractivity contribution in [1.29, 1.82) is 0 Å². The zero-order chi connectivity index (χ0) is 11.3. The van der Waals surface area contributed by atoms with E-state index in [1.165, 1.54) is 25.7 Å². The lowest BCUT2D eigenvalue weighted by Crippen LogP contribution is -2.09. The number of aryl methyl sites for hydroxylation is 1. The van der Waals surface area contributed by atoms with Gasteiger partial charge in [0.1, 0.15) is 6.10 Å². The fraction of sp³-hybridized carbons (Fsp3) is 0.750. The highest BCUT2D eigenvalue weighted by atomic mass is 79.9. The summed E-state index contributed by atoms with van der Waals surface area (Å²) in [6.07, 6.45) is 6.73. The van der Waals surface area contributed by atoms with Gasteiger partial charge in [-0.2, -0.15) is 5.10 Å². The van der Waals surface area contributed by atoms with E-state index in [1.807, 2.05) is 7.05 Å². The molecule has 0 aliphatic heterocycles. The summed E-state index contributed by atoms with van der Waals surface area (Å²) < 4.78 is 2.73. The van der Waals surface area contributed by atoms with Crippen LogP contribution >= 0.6 is 15.9 Å². The summed E-state index contributed by atoms with van der Waals surface area (Å²) >= 11 is 3.47. The van der Waals surface area contributed by atoms with Crippen LogP contribution in [0.15, 0.2) is 10.7 Å². The van der Waals surface area contributed by atoms with Gasteiger partial charge in [0.05, 0.1) is 16.4 Å². The average molecular weight is 285 g/mol. The van der Waals surface area contributed by atoms with Gasteiger partial charge in [-0.3, -0.25) is 4.68 Å². The van der Waals surface area contributed by atoms with Crippen molar-refractivity contribution in [2.45, 2.75) is 31.8 Å². The van der Waals surface area contributed by atoms with E-state index in [-0.39, 0.29) is 6.10 Å². The molecular weight excluding hydrogens is 268 g/mol. The summed E-state index contributed by atoms with van der Waals surface area (Å²) in [6, 6.07) is 0. The molecular formula is C12H17BrN2O. The van der Waals surface area contributed by atoms with Gasteiger partial charge in [0.2, 0.25) is 0 Å². The smallest absolute Gasteiger partial charge is 0.100 e.